The van der Waals surface area contributed by atoms with Crippen molar-refractivity contribution in [2.75, 3.05) is 5.88 Å². The zero-order chi connectivity index (χ0) is 8.27. The first-order chi connectivity index (χ1) is 5.24. The Bertz CT molecular complexity index is 260. The van der Waals surface area contributed by atoms with Crippen molar-refractivity contribution in [3.8, 4) is 0 Å². The molecule has 0 spiro atoms. The number of alkyl halides is 1. The topological polar surface area (TPSA) is 13.1 Å². The van der Waals surface area contributed by atoms with Crippen molar-refractivity contribution < 1.29 is 4.42 Å². The predicted octanol–water partition coefficient (Wildman–Crippen LogP) is 3.23. The predicted molar refractivity (Wildman–Crippen MR) is 47.8 cm³/mol. The summed E-state index contributed by atoms with van der Waals surface area (Å²) >= 11 is 5.62. The van der Waals surface area contributed by atoms with E-state index in [1.807, 2.05) is 26.0 Å². The van der Waals surface area contributed by atoms with Crippen LogP contribution in [0.4, 0.5) is 0 Å². The smallest absolute Gasteiger partial charge is 0.107 e. The summed E-state index contributed by atoms with van der Waals surface area (Å²) in [5.74, 6) is 1.51. The molecule has 0 aliphatic heterocycles. The summed E-state index contributed by atoms with van der Waals surface area (Å²) in [5, 5.41) is 0. The highest BCUT2D eigenvalue weighted by atomic mass is 35.5. The van der Waals surface area contributed by atoms with Crippen LogP contribution in [-0.2, 0) is 0 Å². The zero-order valence-corrected chi connectivity index (χ0v) is 7.48. The van der Waals surface area contributed by atoms with Crippen LogP contribution in [0.5, 0.6) is 0 Å². The number of halogens is 1. The molecule has 1 aromatic heterocycles. The average molecular weight is 171 g/mol. The molecule has 1 heterocycles. The molecule has 0 atom stereocenters. The first-order valence-electron chi connectivity index (χ1n) is 3.51. The molecule has 1 nitrogen and oxygen atoms in total. The van der Waals surface area contributed by atoms with Crippen LogP contribution in [0.25, 0.3) is 6.08 Å². The molecule has 0 saturated carbocycles. The Balaban J connectivity index is 2.86. The van der Waals surface area contributed by atoms with E-state index in [4.69, 9.17) is 16.0 Å². The molecule has 0 fully saturated rings. The summed E-state index contributed by atoms with van der Waals surface area (Å²) in [6.45, 7) is 3.94. The molecule has 1 rings (SSSR count). The van der Waals surface area contributed by atoms with Gasteiger partial charge in [0.2, 0.25) is 0 Å². The molecule has 0 radical (unpaired) electrons. The van der Waals surface area contributed by atoms with Gasteiger partial charge in [-0.25, -0.2) is 0 Å². The number of rotatable bonds is 2. The molecular formula is C9H11ClO. The lowest BCUT2D eigenvalue weighted by molar-refractivity contribution is 0.533. The second-order valence-electron chi connectivity index (χ2n) is 2.56. The molecule has 60 valence electrons. The fraction of sp³-hybridized carbons (Fsp3) is 0.333. The van der Waals surface area contributed by atoms with Crippen LogP contribution >= 0.6 is 11.6 Å². The molecule has 1 aromatic rings. The zero-order valence-electron chi connectivity index (χ0n) is 6.73. The van der Waals surface area contributed by atoms with Gasteiger partial charge in [-0.05, 0) is 19.9 Å². The van der Waals surface area contributed by atoms with Crippen LogP contribution in [0.3, 0.4) is 0 Å². The Hall–Kier alpha value is -0.690. The van der Waals surface area contributed by atoms with E-state index in [2.05, 4.69) is 0 Å². The number of aryl methyl sites for hydroxylation is 1. The highest BCUT2D eigenvalue weighted by Crippen LogP contribution is 2.13. The van der Waals surface area contributed by atoms with Crippen molar-refractivity contribution in [1.82, 2.24) is 0 Å². The van der Waals surface area contributed by atoms with Crippen molar-refractivity contribution in [3.05, 3.63) is 29.2 Å². The monoisotopic (exact) mass is 170 g/mol. The Morgan fingerprint density at radius 1 is 1.73 bits per heavy atom. The molecule has 2 heteroatoms. The average Bonchev–Trinajstić information content (AvgIpc) is 2.37. The van der Waals surface area contributed by atoms with E-state index in [9.17, 15) is 0 Å². The van der Waals surface area contributed by atoms with Gasteiger partial charge in [0.25, 0.3) is 0 Å². The summed E-state index contributed by atoms with van der Waals surface area (Å²) in [4.78, 5) is 0. The van der Waals surface area contributed by atoms with Crippen LogP contribution in [-0.4, -0.2) is 5.88 Å². The van der Waals surface area contributed by atoms with E-state index < -0.39 is 0 Å². The minimum Gasteiger partial charge on any atom is -0.469 e. The van der Waals surface area contributed by atoms with Gasteiger partial charge in [0, 0.05) is 11.4 Å². The lowest BCUT2D eigenvalue weighted by atomic mass is 10.2. The SMILES string of the molecule is C/C(=C/c1ccoc1C)CCl. The van der Waals surface area contributed by atoms with E-state index in [0.717, 1.165) is 16.9 Å². The third-order valence-corrected chi connectivity index (χ3v) is 1.93. The number of furan rings is 1. The molecule has 11 heavy (non-hydrogen) atoms. The fourth-order valence-corrected chi connectivity index (χ4v) is 0.926. The second kappa shape index (κ2) is 3.63. The first kappa shape index (κ1) is 8.41. The second-order valence-corrected chi connectivity index (χ2v) is 2.82. The Labute approximate surface area is 71.7 Å². The minimum absolute atomic E-state index is 0.574. The van der Waals surface area contributed by atoms with Crippen LogP contribution in [0.2, 0.25) is 0 Å². The van der Waals surface area contributed by atoms with Crippen LogP contribution in [0.15, 0.2) is 22.3 Å². The molecule has 0 aliphatic carbocycles. The quantitative estimate of drug-likeness (QED) is 0.622. The fourth-order valence-electron chi connectivity index (χ4n) is 0.849. The van der Waals surface area contributed by atoms with Gasteiger partial charge in [0.05, 0.1) is 6.26 Å². The summed E-state index contributed by atoms with van der Waals surface area (Å²) in [6.07, 6.45) is 3.72. The lowest BCUT2D eigenvalue weighted by Crippen LogP contribution is -1.77. The molecule has 0 unspecified atom stereocenters. The molecule has 0 bridgehead atoms. The summed E-state index contributed by atoms with van der Waals surface area (Å²) in [6, 6.07) is 1.94. The first-order valence-corrected chi connectivity index (χ1v) is 4.04. The van der Waals surface area contributed by atoms with E-state index in [1.165, 1.54) is 0 Å². The van der Waals surface area contributed by atoms with Gasteiger partial charge in [-0.15, -0.1) is 11.6 Å². The highest BCUT2D eigenvalue weighted by molar-refractivity contribution is 6.19. The number of hydrogen-bond acceptors (Lipinski definition) is 1. The standard InChI is InChI=1S/C9H11ClO/c1-7(6-10)5-9-3-4-11-8(9)2/h3-5H,6H2,1-2H3/b7-5-. The van der Waals surface area contributed by atoms with Gasteiger partial charge in [-0.1, -0.05) is 11.6 Å². The Morgan fingerprint density at radius 2 is 2.45 bits per heavy atom. The van der Waals surface area contributed by atoms with E-state index >= 15 is 0 Å². The molecule has 0 N–H and O–H groups in total. The minimum atomic E-state index is 0.574. The van der Waals surface area contributed by atoms with Gasteiger partial charge >= 0.3 is 0 Å². The van der Waals surface area contributed by atoms with E-state index in [-0.39, 0.29) is 0 Å². The highest BCUT2D eigenvalue weighted by Gasteiger charge is 1.96. The van der Waals surface area contributed by atoms with Gasteiger partial charge in [0.15, 0.2) is 0 Å². The largest absolute Gasteiger partial charge is 0.469 e. The van der Waals surface area contributed by atoms with Gasteiger partial charge < -0.3 is 4.42 Å². The third-order valence-electron chi connectivity index (χ3n) is 1.51. The Kier molecular flexibility index (Phi) is 2.77. The summed E-state index contributed by atoms with van der Waals surface area (Å²) in [5.41, 5.74) is 2.26. The van der Waals surface area contributed by atoms with Crippen molar-refractivity contribution in [2.45, 2.75) is 13.8 Å². The van der Waals surface area contributed by atoms with Crippen molar-refractivity contribution in [2.24, 2.45) is 0 Å². The van der Waals surface area contributed by atoms with Gasteiger partial charge in [-0.2, -0.15) is 0 Å². The van der Waals surface area contributed by atoms with Crippen LogP contribution in [0.1, 0.15) is 18.2 Å². The van der Waals surface area contributed by atoms with Gasteiger partial charge in [-0.3, -0.25) is 0 Å². The molecule has 0 saturated heterocycles. The maximum absolute atomic E-state index is 5.62. The third kappa shape index (κ3) is 2.12. The van der Waals surface area contributed by atoms with Crippen molar-refractivity contribution in [1.29, 1.82) is 0 Å². The van der Waals surface area contributed by atoms with Crippen molar-refractivity contribution in [3.63, 3.8) is 0 Å². The normalized spacial score (nSPS) is 12.1. The molecule has 0 amide bonds. The number of allylic oxidation sites excluding steroid dienone is 1. The molecular weight excluding hydrogens is 160 g/mol. The van der Waals surface area contributed by atoms with Crippen LogP contribution in [0, 0.1) is 6.92 Å². The molecule has 0 aliphatic rings. The van der Waals surface area contributed by atoms with Crippen LogP contribution < -0.4 is 0 Å². The number of hydrogen-bond donors (Lipinski definition) is 0. The van der Waals surface area contributed by atoms with Gasteiger partial charge in [0.1, 0.15) is 5.76 Å². The van der Waals surface area contributed by atoms with E-state index in [1.54, 1.807) is 6.26 Å². The maximum Gasteiger partial charge on any atom is 0.107 e. The van der Waals surface area contributed by atoms with E-state index in [0.29, 0.717) is 5.88 Å². The lowest BCUT2D eigenvalue weighted by Gasteiger charge is -1.92. The summed E-state index contributed by atoms with van der Waals surface area (Å²) < 4.78 is 5.12. The van der Waals surface area contributed by atoms with Crippen molar-refractivity contribution >= 4 is 17.7 Å². The summed E-state index contributed by atoms with van der Waals surface area (Å²) in [7, 11) is 0. The molecule has 0 aromatic carbocycles. The Morgan fingerprint density at radius 3 is 2.91 bits per heavy atom. The maximum atomic E-state index is 5.62.